The van der Waals surface area contributed by atoms with E-state index in [0.29, 0.717) is 5.56 Å². The Morgan fingerprint density at radius 1 is 1.25 bits per heavy atom. The Bertz CT molecular complexity index is 915. The van der Waals surface area contributed by atoms with E-state index < -0.39 is 41.4 Å². The fourth-order valence-electron chi connectivity index (χ4n) is 3.44. The van der Waals surface area contributed by atoms with Crippen LogP contribution >= 0.6 is 0 Å². The minimum absolute atomic E-state index is 0.00253. The first kappa shape index (κ1) is 19.5. The highest BCUT2D eigenvalue weighted by Crippen LogP contribution is 2.42. The molecule has 2 atom stereocenters. The van der Waals surface area contributed by atoms with E-state index in [9.17, 15) is 22.8 Å². The van der Waals surface area contributed by atoms with Crippen molar-refractivity contribution in [1.29, 1.82) is 0 Å². The molecule has 5 N–H and O–H groups in total. The molecule has 6 nitrogen and oxygen atoms in total. The number of nitrogens with one attached hydrogen (secondary N) is 1. The normalized spacial score (nSPS) is 17.8. The highest BCUT2D eigenvalue weighted by atomic mass is 19.4. The summed E-state index contributed by atoms with van der Waals surface area (Å²) in [7, 11) is 0. The lowest BCUT2D eigenvalue weighted by Crippen LogP contribution is -2.54. The SMILES string of the molecule is C[C@@H](c1ccccc1)N1C(=O)[C@H](NC(N)=O)Cc2cc(N)c(C(F)(F)F)cc21. The Balaban J connectivity index is 2.15. The molecule has 2 aromatic rings. The Hall–Kier alpha value is -3.23. The van der Waals surface area contributed by atoms with E-state index >= 15 is 0 Å². The minimum atomic E-state index is -4.66. The number of halogens is 3. The van der Waals surface area contributed by atoms with E-state index in [1.807, 2.05) is 0 Å². The van der Waals surface area contributed by atoms with Crippen LogP contribution in [0.15, 0.2) is 42.5 Å². The van der Waals surface area contributed by atoms with Crippen LogP contribution in [0.25, 0.3) is 0 Å². The molecule has 0 saturated carbocycles. The molecule has 0 radical (unpaired) electrons. The minimum Gasteiger partial charge on any atom is -0.398 e. The molecule has 3 rings (SSSR count). The van der Waals surface area contributed by atoms with Crippen molar-refractivity contribution in [1.82, 2.24) is 5.32 Å². The molecule has 1 aliphatic heterocycles. The van der Waals surface area contributed by atoms with Crippen LogP contribution in [0.1, 0.15) is 29.7 Å². The topological polar surface area (TPSA) is 101 Å². The van der Waals surface area contributed by atoms with Gasteiger partial charge in [-0.1, -0.05) is 30.3 Å². The zero-order chi connectivity index (χ0) is 20.6. The summed E-state index contributed by atoms with van der Waals surface area (Å²) in [4.78, 5) is 25.6. The van der Waals surface area contributed by atoms with E-state index in [1.54, 1.807) is 37.3 Å². The van der Waals surface area contributed by atoms with Crippen molar-refractivity contribution in [3.05, 3.63) is 59.2 Å². The molecule has 0 spiro atoms. The van der Waals surface area contributed by atoms with Crippen LogP contribution in [-0.4, -0.2) is 18.0 Å². The lowest BCUT2D eigenvalue weighted by molar-refractivity contribution is -0.137. The summed E-state index contributed by atoms with van der Waals surface area (Å²) in [6.45, 7) is 1.70. The van der Waals surface area contributed by atoms with Crippen molar-refractivity contribution >= 4 is 23.3 Å². The number of fused-ring (bicyclic) bond motifs is 1. The van der Waals surface area contributed by atoms with Crippen LogP contribution < -0.4 is 21.7 Å². The fraction of sp³-hybridized carbons (Fsp3) is 0.263. The van der Waals surface area contributed by atoms with Gasteiger partial charge >= 0.3 is 12.2 Å². The van der Waals surface area contributed by atoms with Crippen molar-refractivity contribution in [2.45, 2.75) is 31.6 Å². The van der Waals surface area contributed by atoms with Crippen LogP contribution in [0, 0.1) is 0 Å². The molecule has 28 heavy (non-hydrogen) atoms. The molecular weight excluding hydrogens is 373 g/mol. The van der Waals surface area contributed by atoms with Gasteiger partial charge in [-0.2, -0.15) is 13.2 Å². The van der Waals surface area contributed by atoms with Gasteiger partial charge in [0.15, 0.2) is 0 Å². The third kappa shape index (κ3) is 3.60. The number of anilines is 2. The first-order valence-electron chi connectivity index (χ1n) is 8.53. The molecule has 148 valence electrons. The highest BCUT2D eigenvalue weighted by Gasteiger charge is 2.40. The first-order chi connectivity index (χ1) is 13.1. The van der Waals surface area contributed by atoms with Gasteiger partial charge in [0.1, 0.15) is 6.04 Å². The number of carbonyl (C=O) groups is 2. The number of primary amides is 1. The largest absolute Gasteiger partial charge is 0.418 e. The lowest BCUT2D eigenvalue weighted by Gasteiger charge is -2.38. The molecule has 0 bridgehead atoms. The molecule has 9 heteroatoms. The predicted octanol–water partition coefficient (Wildman–Crippen LogP) is 2.97. The van der Waals surface area contributed by atoms with Crippen molar-refractivity contribution in [2.75, 3.05) is 10.6 Å². The fourth-order valence-corrected chi connectivity index (χ4v) is 3.44. The van der Waals surface area contributed by atoms with E-state index in [4.69, 9.17) is 11.5 Å². The van der Waals surface area contributed by atoms with Crippen molar-refractivity contribution in [3.8, 4) is 0 Å². The summed E-state index contributed by atoms with van der Waals surface area (Å²) in [5.41, 5.74) is 10.6. The van der Waals surface area contributed by atoms with Crippen molar-refractivity contribution < 1.29 is 22.8 Å². The van der Waals surface area contributed by atoms with Gasteiger partial charge in [-0.3, -0.25) is 4.79 Å². The number of hydrogen-bond donors (Lipinski definition) is 3. The predicted molar refractivity (Wildman–Crippen MR) is 98.4 cm³/mol. The smallest absolute Gasteiger partial charge is 0.398 e. The van der Waals surface area contributed by atoms with Gasteiger partial charge in [0.2, 0.25) is 0 Å². The number of nitrogens with two attached hydrogens (primary N) is 2. The number of rotatable bonds is 3. The van der Waals surface area contributed by atoms with Crippen molar-refractivity contribution in [3.63, 3.8) is 0 Å². The number of benzene rings is 2. The number of alkyl halides is 3. The van der Waals surface area contributed by atoms with Crippen LogP contribution in [0.3, 0.4) is 0 Å². The maximum Gasteiger partial charge on any atom is 0.418 e. The molecule has 0 aliphatic carbocycles. The molecule has 0 saturated heterocycles. The van der Waals surface area contributed by atoms with Crippen LogP contribution in [0.5, 0.6) is 0 Å². The van der Waals surface area contributed by atoms with Crippen molar-refractivity contribution in [2.24, 2.45) is 5.73 Å². The molecule has 1 aliphatic rings. The summed E-state index contributed by atoms with van der Waals surface area (Å²) in [5.74, 6) is -0.541. The summed E-state index contributed by atoms with van der Waals surface area (Å²) in [5, 5.41) is 2.36. The Morgan fingerprint density at radius 2 is 1.89 bits per heavy atom. The van der Waals surface area contributed by atoms with E-state index in [1.165, 1.54) is 11.0 Å². The number of carbonyl (C=O) groups excluding carboxylic acids is 2. The average molecular weight is 392 g/mol. The molecule has 0 aromatic heterocycles. The zero-order valence-corrected chi connectivity index (χ0v) is 15.0. The number of nitrogen functional groups attached to an aromatic ring is 1. The van der Waals surface area contributed by atoms with E-state index in [-0.39, 0.29) is 12.1 Å². The summed E-state index contributed by atoms with van der Waals surface area (Å²) >= 11 is 0. The second-order valence-electron chi connectivity index (χ2n) is 6.63. The van der Waals surface area contributed by atoms with Gasteiger partial charge in [-0.25, -0.2) is 4.79 Å². The third-order valence-corrected chi connectivity index (χ3v) is 4.76. The first-order valence-corrected chi connectivity index (χ1v) is 8.53. The molecule has 2 aromatic carbocycles. The average Bonchev–Trinajstić information content (AvgIpc) is 2.61. The van der Waals surface area contributed by atoms with Gasteiger partial charge in [0.25, 0.3) is 5.91 Å². The van der Waals surface area contributed by atoms with E-state index in [2.05, 4.69) is 5.32 Å². The summed E-state index contributed by atoms with van der Waals surface area (Å²) in [6.07, 6.45) is -4.66. The summed E-state index contributed by atoms with van der Waals surface area (Å²) in [6, 6.07) is 8.50. The monoisotopic (exact) mass is 392 g/mol. The van der Waals surface area contributed by atoms with Crippen LogP contribution in [-0.2, 0) is 17.4 Å². The standard InChI is InChI=1S/C19H19F3N4O2/c1-10(11-5-3-2-4-6-11)26-16-9-13(19(20,21)22)14(23)7-12(16)8-15(17(26)27)25-18(24)28/h2-7,9-10,15H,8,23H2,1H3,(H3,24,25,28)/t10-,15+/m0/s1. The molecule has 0 fully saturated rings. The molecular formula is C19H19F3N4O2. The molecule has 3 amide bonds. The number of hydrogen-bond acceptors (Lipinski definition) is 3. The van der Waals surface area contributed by atoms with Crippen LogP contribution in [0.2, 0.25) is 0 Å². The number of nitrogens with zero attached hydrogens (tertiary/aromatic N) is 1. The van der Waals surface area contributed by atoms with Gasteiger partial charge < -0.3 is 21.7 Å². The summed E-state index contributed by atoms with van der Waals surface area (Å²) < 4.78 is 40.1. The lowest BCUT2D eigenvalue weighted by atomic mass is 9.92. The third-order valence-electron chi connectivity index (χ3n) is 4.76. The Morgan fingerprint density at radius 3 is 2.46 bits per heavy atom. The maximum atomic E-state index is 13.4. The van der Waals surface area contributed by atoms with Gasteiger partial charge in [-0.05, 0) is 30.2 Å². The highest BCUT2D eigenvalue weighted by molar-refractivity contribution is 6.02. The van der Waals surface area contributed by atoms with Gasteiger partial charge in [0, 0.05) is 17.8 Å². The second kappa shape index (κ2) is 7.06. The quantitative estimate of drug-likeness (QED) is 0.700. The molecule has 1 heterocycles. The number of urea groups is 1. The second-order valence-corrected chi connectivity index (χ2v) is 6.63. The maximum absolute atomic E-state index is 13.4. The number of amides is 3. The zero-order valence-electron chi connectivity index (χ0n) is 15.0. The van der Waals surface area contributed by atoms with Crippen LogP contribution in [0.4, 0.5) is 29.3 Å². The van der Waals surface area contributed by atoms with E-state index in [0.717, 1.165) is 11.6 Å². The van der Waals surface area contributed by atoms with Gasteiger partial charge in [0.05, 0.1) is 11.6 Å². The molecule has 0 unspecified atom stereocenters. The van der Waals surface area contributed by atoms with Gasteiger partial charge in [-0.15, -0.1) is 0 Å². The Labute approximate surface area is 159 Å². The Kier molecular flexibility index (Phi) is 4.93.